The number of aliphatic hydroxyl groups is 1. The zero-order valence-electron chi connectivity index (χ0n) is 9.96. The van der Waals surface area contributed by atoms with Crippen LogP contribution >= 0.6 is 15.9 Å². The first-order valence-electron chi connectivity index (χ1n) is 5.81. The molecule has 0 heterocycles. The Balaban J connectivity index is 2.87. The van der Waals surface area contributed by atoms with E-state index in [1.807, 2.05) is 24.3 Å². The molecule has 16 heavy (non-hydrogen) atoms. The van der Waals surface area contributed by atoms with E-state index in [9.17, 15) is 5.11 Å². The number of aliphatic hydroxyl groups excluding tert-OH is 1. The molecule has 0 aromatic heterocycles. The van der Waals surface area contributed by atoms with Crippen molar-refractivity contribution in [3.63, 3.8) is 0 Å². The fraction of sp³-hybridized carbons (Fsp3) is 0.538. The Hall–Kier alpha value is -0.540. The third-order valence-electron chi connectivity index (χ3n) is 2.98. The first-order chi connectivity index (χ1) is 7.67. The fourth-order valence-electron chi connectivity index (χ4n) is 1.88. The van der Waals surface area contributed by atoms with Crippen molar-refractivity contribution in [1.82, 2.24) is 0 Å². The van der Waals surface area contributed by atoms with E-state index in [1.54, 1.807) is 0 Å². The molecular weight excluding hydrogens is 266 g/mol. The maximum Gasteiger partial charge on any atom is 0.0661 e. The van der Waals surface area contributed by atoms with Gasteiger partial charge in [-0.25, -0.2) is 0 Å². The maximum atomic E-state index is 9.58. The highest BCUT2D eigenvalue weighted by Crippen LogP contribution is 2.28. The van der Waals surface area contributed by atoms with Crippen LogP contribution in [0.15, 0.2) is 28.7 Å². The molecule has 0 saturated carbocycles. The maximum absolute atomic E-state index is 9.58. The zero-order valence-corrected chi connectivity index (χ0v) is 11.5. The molecule has 2 nitrogen and oxygen atoms in total. The van der Waals surface area contributed by atoms with Crippen molar-refractivity contribution in [1.29, 1.82) is 0 Å². The number of halogens is 1. The molecule has 3 heteroatoms. The van der Waals surface area contributed by atoms with Crippen LogP contribution in [0.3, 0.4) is 0 Å². The second-order valence-electron chi connectivity index (χ2n) is 4.15. The molecule has 1 atom stereocenters. The standard InChI is InChI=1S/C13H20BrNO/c1-3-9-13(4-2,10-16)15-12-8-6-5-7-11(12)14/h5-8,15-16H,3-4,9-10H2,1-2H3. The highest BCUT2D eigenvalue weighted by atomic mass is 79.9. The van der Waals surface area contributed by atoms with Crippen LogP contribution in [-0.4, -0.2) is 17.3 Å². The van der Waals surface area contributed by atoms with Crippen LogP contribution in [0.5, 0.6) is 0 Å². The van der Waals surface area contributed by atoms with Crippen molar-refractivity contribution in [3.8, 4) is 0 Å². The Morgan fingerprint density at radius 1 is 1.31 bits per heavy atom. The molecule has 1 unspecified atom stereocenters. The van der Waals surface area contributed by atoms with E-state index in [0.717, 1.165) is 29.4 Å². The second kappa shape index (κ2) is 6.26. The summed E-state index contributed by atoms with van der Waals surface area (Å²) >= 11 is 3.51. The van der Waals surface area contributed by atoms with Gasteiger partial charge in [-0.15, -0.1) is 0 Å². The predicted octanol–water partition coefficient (Wildman–Crippen LogP) is 3.80. The number of nitrogens with one attached hydrogen (secondary N) is 1. The van der Waals surface area contributed by atoms with E-state index in [-0.39, 0.29) is 12.1 Å². The molecule has 0 saturated heterocycles. The van der Waals surface area contributed by atoms with Gasteiger partial charge in [-0.3, -0.25) is 0 Å². The van der Waals surface area contributed by atoms with Crippen LogP contribution in [0.1, 0.15) is 33.1 Å². The van der Waals surface area contributed by atoms with Crippen LogP contribution in [0.4, 0.5) is 5.69 Å². The normalized spacial score (nSPS) is 14.5. The van der Waals surface area contributed by atoms with E-state index in [4.69, 9.17) is 0 Å². The van der Waals surface area contributed by atoms with Gasteiger partial charge in [0.2, 0.25) is 0 Å². The van der Waals surface area contributed by atoms with E-state index in [1.165, 1.54) is 0 Å². The average Bonchev–Trinajstić information content (AvgIpc) is 2.31. The number of para-hydroxylation sites is 1. The summed E-state index contributed by atoms with van der Waals surface area (Å²) in [6.45, 7) is 4.41. The molecule has 0 radical (unpaired) electrons. The van der Waals surface area contributed by atoms with Gasteiger partial charge in [0.25, 0.3) is 0 Å². The van der Waals surface area contributed by atoms with Gasteiger partial charge in [0.15, 0.2) is 0 Å². The fourth-order valence-corrected chi connectivity index (χ4v) is 2.27. The predicted molar refractivity (Wildman–Crippen MR) is 72.8 cm³/mol. The van der Waals surface area contributed by atoms with Gasteiger partial charge in [-0.1, -0.05) is 32.4 Å². The van der Waals surface area contributed by atoms with Gasteiger partial charge in [0.05, 0.1) is 12.1 Å². The highest BCUT2D eigenvalue weighted by Gasteiger charge is 2.26. The Labute approximate surface area is 106 Å². The van der Waals surface area contributed by atoms with Crippen LogP contribution in [0, 0.1) is 0 Å². The lowest BCUT2D eigenvalue weighted by molar-refractivity contribution is 0.197. The third kappa shape index (κ3) is 3.22. The molecule has 0 aliphatic heterocycles. The summed E-state index contributed by atoms with van der Waals surface area (Å²) in [6.07, 6.45) is 2.95. The monoisotopic (exact) mass is 285 g/mol. The Kier molecular flexibility index (Phi) is 5.29. The minimum atomic E-state index is -0.196. The van der Waals surface area contributed by atoms with E-state index < -0.39 is 0 Å². The Morgan fingerprint density at radius 2 is 2.00 bits per heavy atom. The molecule has 0 fully saturated rings. The minimum absolute atomic E-state index is 0.165. The van der Waals surface area contributed by atoms with Crippen molar-refractivity contribution in [3.05, 3.63) is 28.7 Å². The zero-order chi connectivity index (χ0) is 12.0. The summed E-state index contributed by atoms with van der Waals surface area (Å²) in [5.74, 6) is 0. The van der Waals surface area contributed by atoms with Gasteiger partial charge in [0, 0.05) is 10.2 Å². The number of anilines is 1. The van der Waals surface area contributed by atoms with Crippen molar-refractivity contribution in [2.24, 2.45) is 0 Å². The topological polar surface area (TPSA) is 32.3 Å². The van der Waals surface area contributed by atoms with Crippen molar-refractivity contribution >= 4 is 21.6 Å². The summed E-state index contributed by atoms with van der Waals surface area (Å²) in [7, 11) is 0. The van der Waals surface area contributed by atoms with Crippen LogP contribution in [0.2, 0.25) is 0 Å². The molecular formula is C13H20BrNO. The van der Waals surface area contributed by atoms with E-state index >= 15 is 0 Å². The summed E-state index contributed by atoms with van der Waals surface area (Å²) in [5.41, 5.74) is 0.852. The summed E-state index contributed by atoms with van der Waals surface area (Å²) < 4.78 is 1.04. The lowest BCUT2D eigenvalue weighted by atomic mass is 9.91. The first kappa shape index (κ1) is 13.5. The molecule has 0 amide bonds. The third-order valence-corrected chi connectivity index (χ3v) is 3.67. The Morgan fingerprint density at radius 3 is 2.50 bits per heavy atom. The van der Waals surface area contributed by atoms with E-state index in [2.05, 4.69) is 35.1 Å². The molecule has 2 N–H and O–H groups in total. The lowest BCUT2D eigenvalue weighted by Crippen LogP contribution is -2.41. The summed E-state index contributed by atoms with van der Waals surface area (Å²) in [6, 6.07) is 8.02. The van der Waals surface area contributed by atoms with Crippen molar-refractivity contribution in [2.45, 2.75) is 38.6 Å². The SMILES string of the molecule is CCCC(CC)(CO)Nc1ccccc1Br. The average molecular weight is 286 g/mol. The summed E-state index contributed by atoms with van der Waals surface area (Å²) in [5, 5.41) is 13.0. The Bertz CT molecular complexity index is 323. The lowest BCUT2D eigenvalue weighted by Gasteiger charge is -2.33. The van der Waals surface area contributed by atoms with Gasteiger partial charge in [0.1, 0.15) is 0 Å². The molecule has 1 rings (SSSR count). The molecule has 0 bridgehead atoms. The molecule has 1 aromatic rings. The smallest absolute Gasteiger partial charge is 0.0661 e. The highest BCUT2D eigenvalue weighted by molar-refractivity contribution is 9.10. The van der Waals surface area contributed by atoms with Crippen LogP contribution < -0.4 is 5.32 Å². The van der Waals surface area contributed by atoms with Crippen molar-refractivity contribution in [2.75, 3.05) is 11.9 Å². The molecule has 90 valence electrons. The largest absolute Gasteiger partial charge is 0.394 e. The number of benzene rings is 1. The van der Waals surface area contributed by atoms with Crippen LogP contribution in [0.25, 0.3) is 0 Å². The number of hydrogen-bond acceptors (Lipinski definition) is 2. The molecule has 0 aliphatic rings. The number of rotatable bonds is 6. The molecule has 0 spiro atoms. The molecule has 1 aromatic carbocycles. The quantitative estimate of drug-likeness (QED) is 0.833. The van der Waals surface area contributed by atoms with E-state index in [0.29, 0.717) is 0 Å². The number of hydrogen-bond donors (Lipinski definition) is 2. The van der Waals surface area contributed by atoms with Gasteiger partial charge < -0.3 is 10.4 Å². The second-order valence-corrected chi connectivity index (χ2v) is 5.00. The molecule has 0 aliphatic carbocycles. The van der Waals surface area contributed by atoms with Gasteiger partial charge >= 0.3 is 0 Å². The van der Waals surface area contributed by atoms with Crippen molar-refractivity contribution < 1.29 is 5.11 Å². The van der Waals surface area contributed by atoms with Gasteiger partial charge in [-0.2, -0.15) is 0 Å². The minimum Gasteiger partial charge on any atom is -0.394 e. The summed E-state index contributed by atoms with van der Waals surface area (Å²) in [4.78, 5) is 0. The van der Waals surface area contributed by atoms with Crippen LogP contribution in [-0.2, 0) is 0 Å². The van der Waals surface area contributed by atoms with Gasteiger partial charge in [-0.05, 0) is 40.9 Å². The first-order valence-corrected chi connectivity index (χ1v) is 6.60.